The Kier molecular flexibility index (Phi) is 6.40. The SMILES string of the molecule is O=P(C[C@@H]1C[C@H](Oc2cc(F)c(F)cc2O)CCO1)(c1ccccc1)c1ccccc1. The second-order valence-electron chi connectivity index (χ2n) is 7.58. The van der Waals surface area contributed by atoms with Crippen LogP contribution in [0.5, 0.6) is 11.5 Å². The zero-order valence-electron chi connectivity index (χ0n) is 16.8. The van der Waals surface area contributed by atoms with Crippen molar-refractivity contribution in [2.45, 2.75) is 25.0 Å². The lowest BCUT2D eigenvalue weighted by Gasteiger charge is -2.32. The maximum atomic E-state index is 14.2. The molecule has 1 aliphatic rings. The molecule has 4 nitrogen and oxygen atoms in total. The number of ether oxygens (including phenoxy) is 2. The molecule has 7 heteroatoms. The lowest BCUT2D eigenvalue weighted by Crippen LogP contribution is -2.36. The van der Waals surface area contributed by atoms with Crippen LogP contribution in [-0.4, -0.2) is 30.1 Å². The van der Waals surface area contributed by atoms with Crippen molar-refractivity contribution in [3.8, 4) is 11.5 Å². The van der Waals surface area contributed by atoms with Crippen LogP contribution in [0.25, 0.3) is 0 Å². The minimum absolute atomic E-state index is 0.112. The lowest BCUT2D eigenvalue weighted by molar-refractivity contribution is -0.0242. The molecule has 0 radical (unpaired) electrons. The van der Waals surface area contributed by atoms with Crippen molar-refractivity contribution in [1.29, 1.82) is 0 Å². The maximum Gasteiger partial charge on any atom is 0.164 e. The van der Waals surface area contributed by atoms with Crippen molar-refractivity contribution < 1.29 is 27.9 Å². The van der Waals surface area contributed by atoms with Crippen LogP contribution in [0.15, 0.2) is 72.8 Å². The van der Waals surface area contributed by atoms with Gasteiger partial charge in [0, 0.05) is 41.7 Å². The Morgan fingerprint density at radius 2 is 1.55 bits per heavy atom. The van der Waals surface area contributed by atoms with E-state index in [2.05, 4.69) is 0 Å². The van der Waals surface area contributed by atoms with Crippen molar-refractivity contribution >= 4 is 17.8 Å². The number of phenolic OH excluding ortho intramolecular Hbond substituents is 1. The van der Waals surface area contributed by atoms with Crippen molar-refractivity contribution in [3.63, 3.8) is 0 Å². The van der Waals surface area contributed by atoms with Gasteiger partial charge in [0.1, 0.15) is 13.2 Å². The first-order valence-electron chi connectivity index (χ1n) is 10.1. The quantitative estimate of drug-likeness (QED) is 0.565. The predicted molar refractivity (Wildman–Crippen MR) is 116 cm³/mol. The molecule has 4 rings (SSSR count). The second kappa shape index (κ2) is 9.21. The summed E-state index contributed by atoms with van der Waals surface area (Å²) >= 11 is 0. The molecule has 1 aliphatic heterocycles. The maximum absolute atomic E-state index is 14.2. The average Bonchev–Trinajstić information content (AvgIpc) is 2.79. The summed E-state index contributed by atoms with van der Waals surface area (Å²) in [5, 5.41) is 11.4. The van der Waals surface area contributed by atoms with E-state index in [1.807, 2.05) is 60.7 Å². The van der Waals surface area contributed by atoms with Gasteiger partial charge in [-0.2, -0.15) is 0 Å². The van der Waals surface area contributed by atoms with Crippen LogP contribution in [0.1, 0.15) is 12.8 Å². The number of rotatable bonds is 6. The van der Waals surface area contributed by atoms with Gasteiger partial charge in [-0.05, 0) is 0 Å². The molecule has 1 heterocycles. The normalized spacial score (nSPS) is 19.2. The number of phenols is 1. The van der Waals surface area contributed by atoms with Crippen LogP contribution < -0.4 is 15.3 Å². The molecular weight excluding hydrogens is 421 g/mol. The molecule has 1 fully saturated rings. The van der Waals surface area contributed by atoms with Crippen molar-refractivity contribution in [2.24, 2.45) is 0 Å². The highest BCUT2D eigenvalue weighted by Gasteiger charge is 2.34. The van der Waals surface area contributed by atoms with E-state index in [-0.39, 0.29) is 18.0 Å². The van der Waals surface area contributed by atoms with Crippen LogP contribution in [0.3, 0.4) is 0 Å². The van der Waals surface area contributed by atoms with Gasteiger partial charge in [0.25, 0.3) is 0 Å². The molecule has 0 spiro atoms. The van der Waals surface area contributed by atoms with Gasteiger partial charge in [-0.1, -0.05) is 60.7 Å². The molecular formula is C24H23F2O4P. The Morgan fingerprint density at radius 3 is 2.16 bits per heavy atom. The Hall–Kier alpha value is -2.69. The minimum atomic E-state index is -2.96. The number of halogens is 2. The fourth-order valence-electron chi connectivity index (χ4n) is 3.86. The fourth-order valence-corrected chi connectivity index (χ4v) is 6.71. The highest BCUT2D eigenvalue weighted by atomic mass is 31.2. The van der Waals surface area contributed by atoms with E-state index in [9.17, 15) is 18.5 Å². The molecule has 31 heavy (non-hydrogen) atoms. The van der Waals surface area contributed by atoms with Crippen LogP contribution >= 0.6 is 7.14 Å². The van der Waals surface area contributed by atoms with Gasteiger partial charge >= 0.3 is 0 Å². The van der Waals surface area contributed by atoms with Gasteiger partial charge in [-0.3, -0.25) is 0 Å². The van der Waals surface area contributed by atoms with E-state index in [1.54, 1.807) is 0 Å². The molecule has 0 aromatic heterocycles. The fraction of sp³-hybridized carbons (Fsp3) is 0.250. The highest BCUT2D eigenvalue weighted by molar-refractivity contribution is 7.78. The molecule has 0 amide bonds. The third-order valence-corrected chi connectivity index (χ3v) is 8.61. The summed E-state index contributed by atoms with van der Waals surface area (Å²) in [4.78, 5) is 0. The number of hydrogen-bond donors (Lipinski definition) is 1. The number of aromatic hydroxyl groups is 1. The second-order valence-corrected chi connectivity index (χ2v) is 10.5. The van der Waals surface area contributed by atoms with Crippen LogP contribution in [0.2, 0.25) is 0 Å². The first-order valence-corrected chi connectivity index (χ1v) is 12.0. The molecule has 0 aliphatic carbocycles. The van der Waals surface area contributed by atoms with Gasteiger partial charge in [0.15, 0.2) is 23.1 Å². The summed E-state index contributed by atoms with van der Waals surface area (Å²) < 4.78 is 52.7. The first-order chi connectivity index (χ1) is 15.0. The lowest BCUT2D eigenvalue weighted by atomic mass is 10.1. The van der Waals surface area contributed by atoms with Gasteiger partial charge in [0.05, 0.1) is 12.7 Å². The van der Waals surface area contributed by atoms with Gasteiger partial charge < -0.3 is 19.1 Å². The van der Waals surface area contributed by atoms with E-state index in [0.717, 1.165) is 16.7 Å². The van der Waals surface area contributed by atoms with Crippen LogP contribution in [-0.2, 0) is 9.30 Å². The highest BCUT2D eigenvalue weighted by Crippen LogP contribution is 2.45. The predicted octanol–water partition coefficient (Wildman–Crippen LogP) is 4.61. The molecule has 2 atom stereocenters. The molecule has 162 valence electrons. The Bertz CT molecular complexity index is 1030. The Labute approximate surface area is 179 Å². The van der Waals surface area contributed by atoms with Crippen LogP contribution in [0, 0.1) is 11.6 Å². The zero-order valence-corrected chi connectivity index (χ0v) is 17.7. The van der Waals surface area contributed by atoms with Gasteiger partial charge in [0.2, 0.25) is 0 Å². The molecule has 3 aromatic carbocycles. The van der Waals surface area contributed by atoms with E-state index >= 15 is 0 Å². The molecule has 0 saturated carbocycles. The molecule has 1 N–H and O–H groups in total. The summed E-state index contributed by atoms with van der Waals surface area (Å²) in [7, 11) is -2.96. The number of benzene rings is 3. The number of hydrogen-bond acceptors (Lipinski definition) is 4. The molecule has 3 aromatic rings. The smallest absolute Gasteiger partial charge is 0.164 e. The van der Waals surface area contributed by atoms with Crippen LogP contribution in [0.4, 0.5) is 8.78 Å². The third-order valence-electron chi connectivity index (χ3n) is 5.42. The summed E-state index contributed by atoms with van der Waals surface area (Å²) in [5.74, 6) is -2.80. The Morgan fingerprint density at radius 1 is 0.968 bits per heavy atom. The third kappa shape index (κ3) is 4.81. The first kappa shape index (κ1) is 21.5. The molecule has 0 bridgehead atoms. The van der Waals surface area contributed by atoms with E-state index in [1.165, 1.54) is 0 Å². The topological polar surface area (TPSA) is 55.8 Å². The molecule has 0 unspecified atom stereocenters. The van der Waals surface area contributed by atoms with Crippen molar-refractivity contribution in [1.82, 2.24) is 0 Å². The average molecular weight is 444 g/mol. The van der Waals surface area contributed by atoms with E-state index < -0.39 is 24.5 Å². The summed E-state index contributed by atoms with van der Waals surface area (Å²) in [6.07, 6.45) is 0.509. The summed E-state index contributed by atoms with van der Waals surface area (Å²) in [6.45, 7) is 0.378. The van der Waals surface area contributed by atoms with Gasteiger partial charge in [-0.15, -0.1) is 0 Å². The van der Waals surface area contributed by atoms with Gasteiger partial charge in [-0.25, -0.2) is 8.78 Å². The van der Waals surface area contributed by atoms with Crippen molar-refractivity contribution in [2.75, 3.05) is 12.8 Å². The Balaban J connectivity index is 1.55. The van der Waals surface area contributed by atoms with E-state index in [0.29, 0.717) is 31.7 Å². The standard InChI is InChI=1S/C24H23F2O4P/c25-21-14-23(27)24(15-22(21)26)30-17-11-12-29-18(13-17)16-31(28,19-7-3-1-4-8-19)20-9-5-2-6-10-20/h1-10,14-15,17-18,27H,11-13,16H2/t17-,18+/m1/s1. The summed E-state index contributed by atoms with van der Waals surface area (Å²) in [5.41, 5.74) is 0. The summed E-state index contributed by atoms with van der Waals surface area (Å²) in [6, 6.07) is 20.2. The largest absolute Gasteiger partial charge is 0.504 e. The zero-order chi connectivity index (χ0) is 21.8. The monoisotopic (exact) mass is 444 g/mol. The molecule has 1 saturated heterocycles. The van der Waals surface area contributed by atoms with Crippen molar-refractivity contribution in [3.05, 3.63) is 84.4 Å². The van der Waals surface area contributed by atoms with E-state index in [4.69, 9.17) is 9.47 Å². The minimum Gasteiger partial charge on any atom is -0.504 e.